The van der Waals surface area contributed by atoms with Crippen LogP contribution in [0.3, 0.4) is 0 Å². The fourth-order valence-electron chi connectivity index (χ4n) is 5.13. The Morgan fingerprint density at radius 1 is 0.642 bits per heavy atom. The first-order chi connectivity index (χ1) is 24.7. The highest BCUT2D eigenvalue weighted by Gasteiger charge is 2.48. The Morgan fingerprint density at radius 3 is 1.53 bits per heavy atom. The minimum Gasteiger partial charge on any atom is -0.443 e. The molecule has 4 unspecified atom stereocenters. The number of phosphoric ester groups is 1. The Morgan fingerprint density at radius 2 is 1.06 bits per heavy atom. The van der Waals surface area contributed by atoms with Gasteiger partial charge in [0.15, 0.2) is 35.4 Å². The second-order valence-corrected chi connectivity index (χ2v) is 17.4. The minimum absolute atomic E-state index is 0.00231. The molecule has 0 aliphatic carbocycles. The zero-order valence-electron chi connectivity index (χ0n) is 26.1. The number of anilines is 2. The van der Waals surface area contributed by atoms with E-state index in [0.717, 1.165) is 19.0 Å². The highest BCUT2D eigenvalue weighted by molar-refractivity contribution is 7.84. The summed E-state index contributed by atoms with van der Waals surface area (Å²) in [6.45, 7) is -2.07. The van der Waals surface area contributed by atoms with Gasteiger partial charge in [-0.3, -0.25) is 13.7 Å². The first-order valence-corrected chi connectivity index (χ1v) is 20.5. The smallest absolute Gasteiger partial charge is 0.443 e. The molecule has 3 radical (unpaired) electrons. The number of aromatic nitrogens is 8. The monoisotopic (exact) mass is 830 g/mol. The molecule has 0 bridgehead atoms. The molecule has 4 aromatic rings. The van der Waals surface area contributed by atoms with E-state index in [1.165, 1.54) is 15.5 Å². The van der Waals surface area contributed by atoms with E-state index in [4.69, 9.17) is 33.0 Å². The van der Waals surface area contributed by atoms with Crippen LogP contribution in [-0.2, 0) is 49.7 Å². The van der Waals surface area contributed by atoms with E-state index in [1.807, 2.05) is 0 Å². The van der Waals surface area contributed by atoms with Gasteiger partial charge in [-0.2, -0.15) is 8.62 Å². The molecule has 28 nitrogen and oxygen atoms in total. The zero-order chi connectivity index (χ0) is 38.7. The van der Waals surface area contributed by atoms with Gasteiger partial charge in [-0.15, -0.1) is 0 Å². The highest BCUT2D eigenvalue weighted by atomic mass is 31.3. The number of fused-ring (bicyclic) bond motifs is 2. The van der Waals surface area contributed by atoms with Crippen molar-refractivity contribution in [2.75, 3.05) is 24.7 Å². The first kappa shape index (κ1) is 39.8. The van der Waals surface area contributed by atoms with Crippen LogP contribution in [0, 0.1) is 0 Å². The number of hydrogen-bond acceptors (Lipinski definition) is 23. The van der Waals surface area contributed by atoms with Gasteiger partial charge in [-0.25, -0.2) is 47.9 Å². The summed E-state index contributed by atoms with van der Waals surface area (Å²) in [5.41, 5.74) is 11.9. The summed E-state index contributed by atoms with van der Waals surface area (Å²) in [5, 5.41) is 41.9. The topological polar surface area (TPSA) is 414 Å². The van der Waals surface area contributed by atoms with E-state index in [0.29, 0.717) is 0 Å². The highest BCUT2D eigenvalue weighted by Crippen LogP contribution is 2.71. The number of nitrogen functional groups attached to an aromatic ring is 2. The van der Waals surface area contributed by atoms with Crippen LogP contribution in [0.15, 0.2) is 25.3 Å². The van der Waals surface area contributed by atoms with Crippen LogP contribution in [0.1, 0.15) is 12.5 Å². The van der Waals surface area contributed by atoms with E-state index < -0.39 is 93.2 Å². The first-order valence-electron chi connectivity index (χ1n) is 14.4. The van der Waals surface area contributed by atoms with Crippen molar-refractivity contribution in [1.29, 1.82) is 0 Å². The third-order valence-electron chi connectivity index (χ3n) is 7.45. The maximum Gasteiger partial charge on any atom is 0.490 e. The van der Waals surface area contributed by atoms with Crippen molar-refractivity contribution in [2.24, 2.45) is 0 Å². The molecule has 4 aromatic heterocycles. The lowest BCUT2D eigenvalue weighted by atomic mass is 10.1. The van der Waals surface area contributed by atoms with Crippen molar-refractivity contribution in [3.05, 3.63) is 25.3 Å². The number of hydrogen-bond donors (Lipinski definition) is 9. The Labute approximate surface area is 295 Å². The molecule has 0 spiro atoms. The number of aliphatic hydroxyl groups is 4. The molecule has 0 amide bonds. The Kier molecular flexibility index (Phi) is 11.0. The van der Waals surface area contributed by atoms with Crippen molar-refractivity contribution in [1.82, 2.24) is 39.0 Å². The second kappa shape index (κ2) is 14.7. The Bertz CT molecular complexity index is 2050. The minimum atomic E-state index is -6.14. The average molecular weight is 830 g/mol. The SMILES string of the molecule is [B-]P(=O)(OC[C@H]1O[C@@H](n2cnc3c(N)ncnc32)[C@H](O)[C@@H]1O)OP(=O)(O)OP(=O)(O)OP(=O)(O)OC[C@H]1O[C@@H](n2cnc3c(N)ncnc32)[C@H](O)[C@@H]1O. The van der Waals surface area contributed by atoms with Crippen molar-refractivity contribution >= 4 is 72.5 Å². The van der Waals surface area contributed by atoms with E-state index >= 15 is 0 Å². The second-order valence-electron chi connectivity index (χ2n) is 11.0. The third kappa shape index (κ3) is 8.52. The number of rotatable bonds is 14. The van der Waals surface area contributed by atoms with E-state index in [9.17, 15) is 53.4 Å². The molecule has 2 aliphatic heterocycles. The summed E-state index contributed by atoms with van der Waals surface area (Å²) in [5.74, 6) is -0.00498. The molecule has 289 valence electrons. The predicted octanol–water partition coefficient (Wildman–Crippen LogP) is -2.27. The summed E-state index contributed by atoms with van der Waals surface area (Å²) in [6.07, 6.45) is -8.25. The van der Waals surface area contributed by atoms with Crippen LogP contribution in [0.5, 0.6) is 0 Å². The van der Waals surface area contributed by atoms with E-state index in [1.54, 1.807) is 0 Å². The number of phosphoric acid groups is 3. The van der Waals surface area contributed by atoms with Crippen molar-refractivity contribution in [3.8, 4) is 0 Å². The van der Waals surface area contributed by atoms with Gasteiger partial charge in [0, 0.05) is 0 Å². The molecule has 53 heavy (non-hydrogen) atoms. The fourth-order valence-corrected chi connectivity index (χ4v) is 10.2. The van der Waals surface area contributed by atoms with Gasteiger partial charge in [0.1, 0.15) is 60.3 Å². The largest absolute Gasteiger partial charge is 0.490 e. The fraction of sp³-hybridized carbons (Fsp3) is 0.500. The van der Waals surface area contributed by atoms with Crippen molar-refractivity contribution < 1.29 is 84.8 Å². The number of nitrogens with two attached hydrogens (primary N) is 2. The quantitative estimate of drug-likeness (QED) is 0.0478. The zero-order valence-corrected chi connectivity index (χ0v) is 29.6. The molecule has 0 aromatic carbocycles. The van der Waals surface area contributed by atoms with Gasteiger partial charge in [-0.1, -0.05) is 0 Å². The number of nitrogens with zero attached hydrogens (tertiary/aromatic N) is 8. The van der Waals surface area contributed by atoms with Crippen LogP contribution < -0.4 is 11.5 Å². The molecule has 33 heteroatoms. The van der Waals surface area contributed by atoms with Crippen LogP contribution >= 0.6 is 30.9 Å². The van der Waals surface area contributed by atoms with Crippen molar-refractivity contribution in [2.45, 2.75) is 49.1 Å². The lowest BCUT2D eigenvalue weighted by molar-refractivity contribution is -0.0503. The number of aliphatic hydroxyl groups excluding tert-OH is 4. The normalized spacial score (nSPS) is 30.9. The molecule has 11 N–H and O–H groups in total. The van der Waals surface area contributed by atoms with Gasteiger partial charge >= 0.3 is 23.5 Å². The van der Waals surface area contributed by atoms with Crippen LogP contribution in [0.4, 0.5) is 11.6 Å². The molecule has 6 rings (SSSR count). The molecular weight excluding hydrogens is 803 g/mol. The molecule has 6 heterocycles. The number of imidazole rings is 2. The molecule has 0 saturated carbocycles. The predicted molar refractivity (Wildman–Crippen MR) is 169 cm³/mol. The van der Waals surface area contributed by atoms with Gasteiger partial charge in [0.05, 0.1) is 33.3 Å². The van der Waals surface area contributed by atoms with Gasteiger partial charge < -0.3 is 72.7 Å². The molecular formula is C20H27BN10O18P4-. The van der Waals surface area contributed by atoms with Gasteiger partial charge in [0.25, 0.3) is 0 Å². The summed E-state index contributed by atoms with van der Waals surface area (Å²) in [7, 11) is -17.9. The van der Waals surface area contributed by atoms with Crippen molar-refractivity contribution in [3.63, 3.8) is 0 Å². The summed E-state index contributed by atoms with van der Waals surface area (Å²) in [4.78, 5) is 53.3. The summed E-state index contributed by atoms with van der Waals surface area (Å²) >= 11 is 0. The standard InChI is InChI=1S/C20H27BN10O18P4/c21-50(36,43-1-7-11(32)13(34)19(45-7)30-5-28-9-15(22)24-3-26-17(9)30)47-52(39,40)49-53(41,42)48-51(37,38)44-2-8-12(33)14(35)20(46-8)31-6-29-10-16(23)25-4-27-18(10)31/h3-8,11-14,19-20,32-35H,1-2H2,(H,37,38)(H,39,40)(H,41,42)(H2,22,24,26)(H2,23,25,27)/q-1/t7-,8-,11-,12-,13-,14-,19-,20-,50?/m1/s1. The molecule has 2 saturated heterocycles. The molecule has 2 aliphatic rings. The third-order valence-corrected chi connectivity index (χ3v) is 13.5. The summed E-state index contributed by atoms with van der Waals surface area (Å²) < 4.78 is 84.5. The average Bonchev–Trinajstić information content (AvgIpc) is 3.80. The summed E-state index contributed by atoms with van der Waals surface area (Å²) in [6, 6.07) is 0. The molecule has 2 fully saturated rings. The lowest BCUT2D eigenvalue weighted by Crippen LogP contribution is -2.33. The Balaban J connectivity index is 1.01. The van der Waals surface area contributed by atoms with Gasteiger partial charge in [-0.05, 0) is 0 Å². The van der Waals surface area contributed by atoms with E-state index in [-0.39, 0.29) is 34.0 Å². The number of ether oxygens (including phenoxy) is 2. The maximum atomic E-state index is 12.6. The Hall–Kier alpha value is -2.88. The van der Waals surface area contributed by atoms with Crippen LogP contribution in [0.2, 0.25) is 0 Å². The maximum absolute atomic E-state index is 12.6. The lowest BCUT2D eigenvalue weighted by Gasteiger charge is -2.29. The van der Waals surface area contributed by atoms with Gasteiger partial charge in [0.2, 0.25) is 0 Å². The van der Waals surface area contributed by atoms with E-state index in [2.05, 4.69) is 47.4 Å². The van der Waals surface area contributed by atoms with Crippen LogP contribution in [0.25, 0.3) is 22.3 Å². The van der Waals surface area contributed by atoms with Crippen LogP contribution in [-0.4, -0.2) is 132 Å². The molecule has 12 atom stereocenters.